The Kier molecular flexibility index (Phi) is 5.16. The van der Waals surface area contributed by atoms with E-state index in [1.54, 1.807) is 6.20 Å². The minimum atomic E-state index is -0.121. The monoisotopic (exact) mass is 414 g/mol. The summed E-state index contributed by atoms with van der Waals surface area (Å²) in [5.74, 6) is 1.65. The Balaban J connectivity index is 1.38. The average Bonchev–Trinajstić information content (AvgIpc) is 3.18. The van der Waals surface area contributed by atoms with Crippen molar-refractivity contribution in [3.05, 3.63) is 82.8 Å². The number of rotatable bonds is 5. The second kappa shape index (κ2) is 8.26. The van der Waals surface area contributed by atoms with E-state index in [1.165, 1.54) is 11.6 Å². The number of imidazole rings is 1. The lowest BCUT2D eigenvalue weighted by Crippen LogP contribution is -2.45. The number of anilines is 2. The molecule has 0 unspecified atom stereocenters. The van der Waals surface area contributed by atoms with Crippen LogP contribution < -0.4 is 15.4 Å². The Morgan fingerprint density at radius 1 is 1.03 bits per heavy atom. The zero-order valence-corrected chi connectivity index (χ0v) is 17.6. The van der Waals surface area contributed by atoms with Crippen LogP contribution in [0, 0.1) is 0 Å². The van der Waals surface area contributed by atoms with Crippen LogP contribution in [0.2, 0.25) is 0 Å². The van der Waals surface area contributed by atoms with Gasteiger partial charge in [-0.05, 0) is 30.5 Å². The molecule has 0 radical (unpaired) electrons. The number of aromatic nitrogens is 4. The van der Waals surface area contributed by atoms with Gasteiger partial charge in [0.25, 0.3) is 5.56 Å². The maximum atomic E-state index is 11.6. The van der Waals surface area contributed by atoms with Crippen LogP contribution >= 0.6 is 0 Å². The molecule has 0 bridgehead atoms. The SMILES string of the molecule is CN(c1nccc(=O)[nH]1)C1CCN(c2nc3ccccc3n2Cc2ccccc2)CC1. The molecule has 5 rings (SSSR count). The van der Waals surface area contributed by atoms with E-state index >= 15 is 0 Å². The standard InChI is InChI=1S/C24H26N6O/c1-28(23-25-14-11-22(31)27-23)19-12-15-29(16-13-19)24-26-20-9-5-6-10-21(20)30(24)17-18-7-3-2-4-8-18/h2-11,14,19H,12-13,15-17H2,1H3,(H,25,27,31). The number of nitrogens with zero attached hydrogens (tertiary/aromatic N) is 5. The molecule has 1 N–H and O–H groups in total. The zero-order chi connectivity index (χ0) is 21.2. The molecular formula is C24H26N6O. The number of para-hydroxylation sites is 2. The van der Waals surface area contributed by atoms with Crippen molar-refractivity contribution in [2.45, 2.75) is 25.4 Å². The molecule has 7 heteroatoms. The second-order valence-corrected chi connectivity index (χ2v) is 8.06. The molecule has 0 spiro atoms. The summed E-state index contributed by atoms with van der Waals surface area (Å²) in [6, 6.07) is 20.6. The van der Waals surface area contributed by atoms with Gasteiger partial charge < -0.3 is 14.4 Å². The van der Waals surface area contributed by atoms with Crippen LogP contribution in [0.5, 0.6) is 0 Å². The van der Waals surface area contributed by atoms with Gasteiger partial charge in [-0.25, -0.2) is 9.97 Å². The van der Waals surface area contributed by atoms with Crippen LogP contribution in [0.15, 0.2) is 71.7 Å². The number of fused-ring (bicyclic) bond motifs is 1. The third kappa shape index (κ3) is 3.91. The number of benzene rings is 2. The largest absolute Gasteiger partial charge is 0.342 e. The third-order valence-corrected chi connectivity index (χ3v) is 6.10. The summed E-state index contributed by atoms with van der Waals surface area (Å²) in [6.45, 7) is 2.61. The van der Waals surface area contributed by atoms with Gasteiger partial charge in [0.15, 0.2) is 0 Å². The van der Waals surface area contributed by atoms with Gasteiger partial charge >= 0.3 is 0 Å². The van der Waals surface area contributed by atoms with E-state index in [-0.39, 0.29) is 5.56 Å². The van der Waals surface area contributed by atoms with E-state index in [0.29, 0.717) is 12.0 Å². The fourth-order valence-corrected chi connectivity index (χ4v) is 4.39. The molecule has 1 fully saturated rings. The lowest BCUT2D eigenvalue weighted by molar-refractivity contribution is 0.469. The lowest BCUT2D eigenvalue weighted by atomic mass is 10.0. The Hall–Kier alpha value is -3.61. The summed E-state index contributed by atoms with van der Waals surface area (Å²) in [4.78, 5) is 28.3. The van der Waals surface area contributed by atoms with Gasteiger partial charge in [-0.2, -0.15) is 0 Å². The first-order chi connectivity index (χ1) is 15.2. The van der Waals surface area contributed by atoms with E-state index in [2.05, 4.69) is 66.8 Å². The summed E-state index contributed by atoms with van der Waals surface area (Å²) in [6.07, 6.45) is 3.51. The molecule has 0 saturated carbocycles. The minimum absolute atomic E-state index is 0.121. The van der Waals surface area contributed by atoms with Gasteiger partial charge in [0, 0.05) is 38.4 Å². The summed E-state index contributed by atoms with van der Waals surface area (Å²) in [7, 11) is 2.00. The topological polar surface area (TPSA) is 70.1 Å². The molecule has 0 aliphatic carbocycles. The molecule has 1 aliphatic heterocycles. The number of H-pyrrole nitrogens is 1. The van der Waals surface area contributed by atoms with Crippen molar-refractivity contribution in [1.29, 1.82) is 0 Å². The number of nitrogens with one attached hydrogen (secondary N) is 1. The van der Waals surface area contributed by atoms with Crippen LogP contribution in [0.4, 0.5) is 11.9 Å². The van der Waals surface area contributed by atoms with Crippen molar-refractivity contribution in [2.24, 2.45) is 0 Å². The molecule has 7 nitrogen and oxygen atoms in total. The molecule has 31 heavy (non-hydrogen) atoms. The quantitative estimate of drug-likeness (QED) is 0.543. The second-order valence-electron chi connectivity index (χ2n) is 8.06. The maximum Gasteiger partial charge on any atom is 0.252 e. The first-order valence-corrected chi connectivity index (χ1v) is 10.7. The van der Waals surface area contributed by atoms with Gasteiger partial charge in [0.05, 0.1) is 17.6 Å². The number of aromatic amines is 1. The molecular weight excluding hydrogens is 388 g/mol. The first kappa shape index (κ1) is 19.4. The molecule has 1 aliphatic rings. The minimum Gasteiger partial charge on any atom is -0.342 e. The fourth-order valence-electron chi connectivity index (χ4n) is 4.39. The Morgan fingerprint density at radius 3 is 2.55 bits per heavy atom. The molecule has 1 saturated heterocycles. The van der Waals surface area contributed by atoms with Crippen molar-refractivity contribution < 1.29 is 0 Å². The van der Waals surface area contributed by atoms with Crippen molar-refractivity contribution in [3.8, 4) is 0 Å². The normalized spacial score (nSPS) is 14.8. The van der Waals surface area contributed by atoms with E-state index in [4.69, 9.17) is 4.98 Å². The predicted molar refractivity (Wildman–Crippen MR) is 124 cm³/mol. The highest BCUT2D eigenvalue weighted by Crippen LogP contribution is 2.27. The van der Waals surface area contributed by atoms with Crippen LogP contribution in [-0.2, 0) is 6.54 Å². The maximum absolute atomic E-state index is 11.6. The zero-order valence-electron chi connectivity index (χ0n) is 17.6. The lowest BCUT2D eigenvalue weighted by Gasteiger charge is -2.37. The Labute approximate surface area is 181 Å². The Bertz CT molecular complexity index is 1220. The summed E-state index contributed by atoms with van der Waals surface area (Å²) in [5.41, 5.74) is 3.33. The molecule has 158 valence electrons. The number of piperidine rings is 1. The average molecular weight is 415 g/mol. The van der Waals surface area contributed by atoms with Crippen molar-refractivity contribution in [1.82, 2.24) is 19.5 Å². The van der Waals surface area contributed by atoms with Crippen molar-refractivity contribution in [3.63, 3.8) is 0 Å². The van der Waals surface area contributed by atoms with Gasteiger partial charge in [-0.3, -0.25) is 9.78 Å². The predicted octanol–water partition coefficient (Wildman–Crippen LogP) is 3.27. The highest BCUT2D eigenvalue weighted by atomic mass is 16.1. The van der Waals surface area contributed by atoms with E-state index < -0.39 is 0 Å². The highest BCUT2D eigenvalue weighted by molar-refractivity contribution is 5.79. The molecule has 2 aromatic heterocycles. The van der Waals surface area contributed by atoms with Crippen molar-refractivity contribution >= 4 is 22.9 Å². The summed E-state index contributed by atoms with van der Waals surface area (Å²) >= 11 is 0. The van der Waals surface area contributed by atoms with Crippen LogP contribution in [-0.4, -0.2) is 45.7 Å². The fraction of sp³-hybridized carbons (Fsp3) is 0.292. The van der Waals surface area contributed by atoms with Crippen LogP contribution in [0.1, 0.15) is 18.4 Å². The highest BCUT2D eigenvalue weighted by Gasteiger charge is 2.26. The van der Waals surface area contributed by atoms with Gasteiger partial charge in [-0.1, -0.05) is 42.5 Å². The summed E-state index contributed by atoms with van der Waals surface area (Å²) in [5, 5.41) is 0. The molecule has 2 aromatic carbocycles. The van der Waals surface area contributed by atoms with Gasteiger partial charge in [0.2, 0.25) is 11.9 Å². The summed E-state index contributed by atoms with van der Waals surface area (Å²) < 4.78 is 2.32. The first-order valence-electron chi connectivity index (χ1n) is 10.7. The van der Waals surface area contributed by atoms with Crippen molar-refractivity contribution in [2.75, 3.05) is 29.9 Å². The molecule has 3 heterocycles. The van der Waals surface area contributed by atoms with E-state index in [9.17, 15) is 4.79 Å². The molecule has 0 atom stereocenters. The van der Waals surface area contributed by atoms with Crippen LogP contribution in [0.25, 0.3) is 11.0 Å². The van der Waals surface area contributed by atoms with Gasteiger partial charge in [-0.15, -0.1) is 0 Å². The third-order valence-electron chi connectivity index (χ3n) is 6.10. The number of hydrogen-bond donors (Lipinski definition) is 1. The number of hydrogen-bond acceptors (Lipinski definition) is 5. The molecule has 4 aromatic rings. The van der Waals surface area contributed by atoms with Crippen LogP contribution in [0.3, 0.4) is 0 Å². The van der Waals surface area contributed by atoms with E-state index in [1.807, 2.05) is 19.2 Å². The van der Waals surface area contributed by atoms with E-state index in [0.717, 1.165) is 49.5 Å². The smallest absolute Gasteiger partial charge is 0.252 e. The van der Waals surface area contributed by atoms with Gasteiger partial charge in [0.1, 0.15) is 0 Å². The Morgan fingerprint density at radius 2 is 1.77 bits per heavy atom. The molecule has 0 amide bonds.